The van der Waals surface area contributed by atoms with Crippen LogP contribution in [0, 0.1) is 5.41 Å². The van der Waals surface area contributed by atoms with Crippen LogP contribution >= 0.6 is 23.8 Å². The van der Waals surface area contributed by atoms with Crippen LogP contribution in [0.15, 0.2) is 35.4 Å². The van der Waals surface area contributed by atoms with Crippen molar-refractivity contribution in [2.24, 2.45) is 5.73 Å². The average molecular weight is 373 g/mol. The highest BCUT2D eigenvalue weighted by Crippen LogP contribution is 2.07. The monoisotopic (exact) mass is 372 g/mol. The summed E-state index contributed by atoms with van der Waals surface area (Å²) in [6.07, 6.45) is 10.8. The molecule has 0 heterocycles. The van der Waals surface area contributed by atoms with Crippen molar-refractivity contribution in [2.75, 3.05) is 19.7 Å². The van der Waals surface area contributed by atoms with Crippen molar-refractivity contribution >= 4 is 40.6 Å². The van der Waals surface area contributed by atoms with Crippen molar-refractivity contribution in [3.63, 3.8) is 0 Å². The number of hydrogen-bond acceptors (Lipinski definition) is 4. The van der Waals surface area contributed by atoms with E-state index in [0.717, 1.165) is 11.5 Å². The summed E-state index contributed by atoms with van der Waals surface area (Å²) in [7, 11) is 0. The smallest absolute Gasteiger partial charge is 0.248 e. The minimum atomic E-state index is -0.565. The maximum absolute atomic E-state index is 11.4. The number of amides is 1. The van der Waals surface area contributed by atoms with Gasteiger partial charge in [0.15, 0.2) is 5.11 Å². The van der Waals surface area contributed by atoms with Gasteiger partial charge in [0.05, 0.1) is 6.04 Å². The van der Waals surface area contributed by atoms with Gasteiger partial charge in [-0.2, -0.15) is 0 Å². The summed E-state index contributed by atoms with van der Waals surface area (Å²) in [4.78, 5) is 12.8. The average Bonchev–Trinajstić information content (AvgIpc) is 2.78. The third-order valence-corrected chi connectivity index (χ3v) is 3.52. The van der Waals surface area contributed by atoms with Crippen molar-refractivity contribution < 1.29 is 9.90 Å². The van der Waals surface area contributed by atoms with E-state index in [-0.39, 0.29) is 11.7 Å². The third-order valence-electron chi connectivity index (χ3n) is 3.09. The van der Waals surface area contributed by atoms with E-state index in [0.29, 0.717) is 12.3 Å². The molecule has 0 radical (unpaired) electrons. The van der Waals surface area contributed by atoms with Gasteiger partial charge in [-0.25, -0.2) is 0 Å². The van der Waals surface area contributed by atoms with Crippen LogP contribution in [0.25, 0.3) is 0 Å². The van der Waals surface area contributed by atoms with Crippen LogP contribution < -0.4 is 11.1 Å². The molecule has 0 bridgehead atoms. The molecular formula is C16H25ClN4O2S. The largest absolute Gasteiger partial charge is 0.387 e. The highest BCUT2D eigenvalue weighted by Gasteiger charge is 2.23. The number of allylic oxidation sites excluding steroid dienone is 6. The number of thiocarbonyl (C=S) groups is 1. The summed E-state index contributed by atoms with van der Waals surface area (Å²) in [6.45, 7) is 3.51. The number of likely N-dealkylation sites (N-methyl/N-ethyl adjacent to an activating group) is 1. The summed E-state index contributed by atoms with van der Waals surface area (Å²) < 4.78 is 0. The van der Waals surface area contributed by atoms with E-state index >= 15 is 0 Å². The normalized spacial score (nSPS) is 13.8. The second kappa shape index (κ2) is 12.7. The van der Waals surface area contributed by atoms with Crippen molar-refractivity contribution in [3.8, 4) is 0 Å². The standard InChI is InChI=1S/C9H18N4O2S.C7H7Cl/c1-3-13(8(15)5-14)7(6(2)10)4-12-9(11)16;8-7-5-3-1-2-4-6-7/h7,10,14H,3-5H2,1-2H3,(H3,11,12,16);1-3,5-6H,4H2. The molecule has 6 nitrogen and oxygen atoms in total. The Hall–Kier alpha value is -1.70. The predicted molar refractivity (Wildman–Crippen MR) is 103 cm³/mol. The number of halogens is 1. The second-order valence-corrected chi connectivity index (χ2v) is 5.77. The summed E-state index contributed by atoms with van der Waals surface area (Å²) >= 11 is 10.3. The molecule has 0 saturated carbocycles. The molecule has 134 valence electrons. The van der Waals surface area contributed by atoms with Crippen LogP contribution in [0.2, 0.25) is 0 Å². The Labute approximate surface area is 153 Å². The Balaban J connectivity index is 0.000000546. The molecule has 0 spiro atoms. The van der Waals surface area contributed by atoms with E-state index in [2.05, 4.69) is 23.6 Å². The third kappa shape index (κ3) is 9.44. The molecule has 24 heavy (non-hydrogen) atoms. The maximum atomic E-state index is 11.4. The maximum Gasteiger partial charge on any atom is 0.248 e. The van der Waals surface area contributed by atoms with Crippen LogP contribution in [0.5, 0.6) is 0 Å². The number of carbonyl (C=O) groups excluding carboxylic acids is 1. The van der Waals surface area contributed by atoms with Gasteiger partial charge >= 0.3 is 0 Å². The van der Waals surface area contributed by atoms with E-state index < -0.39 is 18.6 Å². The van der Waals surface area contributed by atoms with E-state index in [9.17, 15) is 4.79 Å². The molecule has 1 aliphatic rings. The fraction of sp³-hybridized carbons (Fsp3) is 0.438. The van der Waals surface area contributed by atoms with Crippen molar-refractivity contribution in [2.45, 2.75) is 26.3 Å². The number of aliphatic hydroxyl groups excluding tert-OH is 1. The lowest BCUT2D eigenvalue weighted by atomic mass is 10.1. The molecule has 8 heteroatoms. The number of nitrogens with zero attached hydrogens (tertiary/aromatic N) is 1. The summed E-state index contributed by atoms with van der Waals surface area (Å²) in [5.74, 6) is -0.413. The van der Waals surface area contributed by atoms with Crippen LogP contribution in [0.3, 0.4) is 0 Å². The zero-order valence-corrected chi connectivity index (χ0v) is 15.5. The number of aliphatic hydroxyl groups is 1. The van der Waals surface area contributed by atoms with Gasteiger partial charge in [-0.3, -0.25) is 4.79 Å². The Bertz CT molecular complexity index is 529. The predicted octanol–water partition coefficient (Wildman–Crippen LogP) is 1.69. The summed E-state index contributed by atoms with van der Waals surface area (Å²) in [5.41, 5.74) is 5.60. The number of nitrogens with two attached hydrogens (primary N) is 1. The number of hydrogen-bond donors (Lipinski definition) is 4. The van der Waals surface area contributed by atoms with Crippen LogP contribution in [-0.4, -0.2) is 52.5 Å². The summed E-state index contributed by atoms with van der Waals surface area (Å²) in [6, 6.07) is -0.439. The number of rotatable bonds is 6. The molecular weight excluding hydrogens is 348 g/mol. The van der Waals surface area contributed by atoms with Gasteiger partial charge in [0.1, 0.15) is 6.61 Å². The van der Waals surface area contributed by atoms with Gasteiger partial charge in [-0.15, -0.1) is 0 Å². The van der Waals surface area contributed by atoms with E-state index in [1.54, 1.807) is 13.8 Å². The highest BCUT2D eigenvalue weighted by molar-refractivity contribution is 7.80. The van der Waals surface area contributed by atoms with E-state index in [1.807, 2.05) is 24.3 Å². The molecule has 1 amide bonds. The van der Waals surface area contributed by atoms with Gasteiger partial charge in [-0.05, 0) is 38.6 Å². The molecule has 0 aromatic carbocycles. The van der Waals surface area contributed by atoms with Gasteiger partial charge < -0.3 is 26.5 Å². The lowest BCUT2D eigenvalue weighted by Crippen LogP contribution is -2.51. The van der Waals surface area contributed by atoms with Gasteiger partial charge in [0.2, 0.25) is 5.91 Å². The van der Waals surface area contributed by atoms with Gasteiger partial charge in [-0.1, -0.05) is 35.9 Å². The highest BCUT2D eigenvalue weighted by atomic mass is 35.5. The Morgan fingerprint density at radius 1 is 1.58 bits per heavy atom. The van der Waals surface area contributed by atoms with E-state index in [4.69, 9.17) is 27.9 Å². The zero-order chi connectivity index (χ0) is 18.5. The molecule has 5 N–H and O–H groups in total. The van der Waals surface area contributed by atoms with Crippen molar-refractivity contribution in [3.05, 3.63) is 35.4 Å². The van der Waals surface area contributed by atoms with Crippen molar-refractivity contribution in [1.29, 1.82) is 5.41 Å². The van der Waals surface area contributed by atoms with Crippen molar-refractivity contribution in [1.82, 2.24) is 10.2 Å². The van der Waals surface area contributed by atoms with Gasteiger partial charge in [0, 0.05) is 23.8 Å². The lowest BCUT2D eigenvalue weighted by Gasteiger charge is -2.30. The molecule has 1 unspecified atom stereocenters. The topological polar surface area (TPSA) is 102 Å². The van der Waals surface area contributed by atoms with E-state index in [1.165, 1.54) is 4.90 Å². The second-order valence-electron chi connectivity index (χ2n) is 4.89. The Morgan fingerprint density at radius 2 is 2.25 bits per heavy atom. The fourth-order valence-corrected chi connectivity index (χ4v) is 2.15. The molecule has 0 aliphatic heterocycles. The molecule has 0 aromatic rings. The Kier molecular flexibility index (Phi) is 11.8. The number of nitrogens with one attached hydrogen (secondary N) is 2. The molecule has 0 saturated heterocycles. The molecule has 1 atom stereocenters. The SMILES string of the molecule is CCN(C(=O)CO)C(CNC(N)=S)C(C)=N.ClC1=CCC=CC=C1. The van der Waals surface area contributed by atoms with Crippen LogP contribution in [0.1, 0.15) is 20.3 Å². The van der Waals surface area contributed by atoms with Crippen LogP contribution in [-0.2, 0) is 4.79 Å². The zero-order valence-electron chi connectivity index (χ0n) is 14.0. The van der Waals surface area contributed by atoms with Gasteiger partial charge in [0.25, 0.3) is 0 Å². The first-order valence-corrected chi connectivity index (χ1v) is 8.29. The molecule has 0 aromatic heterocycles. The quantitative estimate of drug-likeness (QED) is 0.419. The number of carbonyl (C=O) groups is 1. The van der Waals surface area contributed by atoms with Crippen LogP contribution in [0.4, 0.5) is 0 Å². The Morgan fingerprint density at radius 3 is 2.75 bits per heavy atom. The first-order chi connectivity index (χ1) is 11.3. The minimum absolute atomic E-state index is 0.124. The molecule has 0 fully saturated rings. The fourth-order valence-electron chi connectivity index (χ4n) is 1.91. The minimum Gasteiger partial charge on any atom is -0.387 e. The molecule has 1 aliphatic carbocycles. The first-order valence-electron chi connectivity index (χ1n) is 7.51. The first kappa shape index (κ1) is 22.3. The molecule has 1 rings (SSSR count). The lowest BCUT2D eigenvalue weighted by molar-refractivity contribution is -0.134. The summed E-state index contributed by atoms with van der Waals surface area (Å²) in [5, 5.41) is 20.1.